The predicted molar refractivity (Wildman–Crippen MR) is 217 cm³/mol. The summed E-state index contributed by atoms with van der Waals surface area (Å²) in [6.45, 7) is 14.0. The van der Waals surface area contributed by atoms with Gasteiger partial charge < -0.3 is 0 Å². The largest absolute Gasteiger partial charge is 0.0654 e. The van der Waals surface area contributed by atoms with Crippen LogP contribution in [0.25, 0.3) is 43.8 Å². The molecule has 0 fully saturated rings. The molecule has 1 heteroatoms. The third-order valence-corrected chi connectivity index (χ3v) is 12.0. The van der Waals surface area contributed by atoms with Crippen molar-refractivity contribution < 1.29 is 0 Å². The van der Waals surface area contributed by atoms with E-state index in [1.54, 1.807) is 0 Å². The van der Waals surface area contributed by atoms with Gasteiger partial charge in [-0.1, -0.05) is 174 Å². The molecule has 0 saturated carbocycles. The van der Waals surface area contributed by atoms with Crippen LogP contribution in [0, 0.1) is 0 Å². The molecule has 0 aromatic heterocycles. The Kier molecular flexibility index (Phi) is 9.35. The molecule has 0 radical (unpaired) electrons. The van der Waals surface area contributed by atoms with Gasteiger partial charge in [0.05, 0.1) is 0 Å². The Morgan fingerprint density at radius 2 is 0.918 bits per heavy atom. The van der Waals surface area contributed by atoms with Gasteiger partial charge in [0.25, 0.3) is 0 Å². The maximum atomic E-state index is 3.67. The van der Waals surface area contributed by atoms with E-state index in [1.807, 2.05) is 0 Å². The summed E-state index contributed by atoms with van der Waals surface area (Å²) in [5, 5.41) is 5.86. The monoisotopic (exact) mass is 706 g/mol. The number of fused-ring (bicyclic) bond motifs is 4. The molecule has 0 saturated heterocycles. The molecule has 0 unspecified atom stereocenters. The van der Waals surface area contributed by atoms with Crippen LogP contribution in [0.4, 0.5) is 0 Å². The van der Waals surface area contributed by atoms with Gasteiger partial charge in [0, 0.05) is 15.3 Å². The van der Waals surface area contributed by atoms with Gasteiger partial charge >= 0.3 is 0 Å². The van der Waals surface area contributed by atoms with Gasteiger partial charge in [-0.25, -0.2) is 0 Å². The van der Waals surface area contributed by atoms with Crippen molar-refractivity contribution in [3.05, 3.63) is 141 Å². The van der Waals surface area contributed by atoms with Gasteiger partial charge in [0.1, 0.15) is 0 Å². The average molecular weight is 708 g/mol. The molecule has 0 bridgehead atoms. The van der Waals surface area contributed by atoms with Crippen LogP contribution in [0.1, 0.15) is 113 Å². The van der Waals surface area contributed by atoms with E-state index in [-0.39, 0.29) is 10.8 Å². The highest BCUT2D eigenvalue weighted by Crippen LogP contribution is 2.51. The zero-order valence-electron chi connectivity index (χ0n) is 30.3. The Hall–Kier alpha value is -3.68. The second-order valence-corrected chi connectivity index (χ2v) is 16.3. The summed E-state index contributed by atoms with van der Waals surface area (Å²) in [4.78, 5) is 0. The van der Waals surface area contributed by atoms with E-state index in [1.165, 1.54) is 129 Å². The van der Waals surface area contributed by atoms with Crippen molar-refractivity contribution in [2.75, 3.05) is 0 Å². The van der Waals surface area contributed by atoms with Crippen LogP contribution in [0.3, 0.4) is 0 Å². The summed E-state index contributed by atoms with van der Waals surface area (Å²) < 4.78 is 1.16. The van der Waals surface area contributed by atoms with Crippen LogP contribution in [-0.4, -0.2) is 0 Å². The number of unbranched alkanes of at least 4 members (excludes halogenated alkanes) is 4. The van der Waals surface area contributed by atoms with Crippen LogP contribution in [0.2, 0.25) is 0 Å². The lowest BCUT2D eigenvalue weighted by Gasteiger charge is -2.35. The molecule has 2 aliphatic rings. The molecule has 6 aromatic rings. The minimum absolute atomic E-state index is 0.0215. The van der Waals surface area contributed by atoms with Gasteiger partial charge in [-0.2, -0.15) is 0 Å². The SMILES string of the molecule is CCCCCc1ccc2c3c(cccc13)C(C)(C)c1cc(Br)ccc1-2.CCCCCc1ccc2c3c(cccc13)C(C)(C)c1ccccc1-2. The Bertz CT molecular complexity index is 2160. The first kappa shape index (κ1) is 33.8. The Balaban J connectivity index is 0.000000154. The third-order valence-electron chi connectivity index (χ3n) is 11.5. The zero-order chi connectivity index (χ0) is 34.3. The number of halogens is 1. The van der Waals surface area contributed by atoms with E-state index in [0.29, 0.717) is 0 Å². The number of benzene rings is 6. The van der Waals surface area contributed by atoms with Crippen molar-refractivity contribution >= 4 is 37.5 Å². The highest BCUT2D eigenvalue weighted by atomic mass is 79.9. The molecule has 2 aliphatic carbocycles. The van der Waals surface area contributed by atoms with Crippen molar-refractivity contribution in [3.8, 4) is 22.3 Å². The van der Waals surface area contributed by atoms with Crippen LogP contribution >= 0.6 is 15.9 Å². The molecule has 0 atom stereocenters. The molecule has 6 aromatic carbocycles. The second kappa shape index (κ2) is 13.6. The van der Waals surface area contributed by atoms with E-state index in [9.17, 15) is 0 Å². The normalized spacial score (nSPS) is 14.6. The number of rotatable bonds is 8. The topological polar surface area (TPSA) is 0 Å². The molecule has 250 valence electrons. The molecule has 0 nitrogen and oxygen atoms in total. The quantitative estimate of drug-likeness (QED) is 0.138. The standard InChI is InChI=1S/C24H25Br.C24H26/c1-4-5-6-8-16-11-13-20-19-14-12-17(25)15-22(19)24(2,3)21-10-7-9-18(16)23(20)21;1-4-5-6-10-17-15-16-20-19-11-7-8-13-21(19)24(2,3)22-14-9-12-18(17)23(20)22/h7,9-15H,4-6,8H2,1-3H3;7-9,11-16H,4-6,10H2,1-3H3. The van der Waals surface area contributed by atoms with E-state index < -0.39 is 0 Å². The van der Waals surface area contributed by atoms with E-state index in [0.717, 1.165) is 4.47 Å². The Morgan fingerprint density at radius 1 is 0.449 bits per heavy atom. The summed E-state index contributed by atoms with van der Waals surface area (Å²) in [6.07, 6.45) is 10.1. The Morgan fingerprint density at radius 3 is 1.47 bits per heavy atom. The number of aryl methyl sites for hydroxylation is 2. The van der Waals surface area contributed by atoms with Gasteiger partial charge in [-0.3, -0.25) is 0 Å². The van der Waals surface area contributed by atoms with Crippen LogP contribution in [0.15, 0.2) is 108 Å². The van der Waals surface area contributed by atoms with Crippen molar-refractivity contribution in [1.29, 1.82) is 0 Å². The first-order valence-electron chi connectivity index (χ1n) is 18.7. The van der Waals surface area contributed by atoms with Gasteiger partial charge in [-0.05, 0) is 115 Å². The minimum Gasteiger partial charge on any atom is -0.0654 e. The van der Waals surface area contributed by atoms with Crippen molar-refractivity contribution in [2.45, 2.75) is 104 Å². The first-order valence-corrected chi connectivity index (χ1v) is 19.5. The highest BCUT2D eigenvalue weighted by molar-refractivity contribution is 9.10. The summed E-state index contributed by atoms with van der Waals surface area (Å²) >= 11 is 3.67. The second-order valence-electron chi connectivity index (χ2n) is 15.4. The molecule has 49 heavy (non-hydrogen) atoms. The van der Waals surface area contributed by atoms with E-state index in [4.69, 9.17) is 0 Å². The van der Waals surface area contributed by atoms with Crippen LogP contribution in [-0.2, 0) is 23.7 Å². The molecular weight excluding hydrogens is 656 g/mol. The number of hydrogen-bond donors (Lipinski definition) is 0. The van der Waals surface area contributed by atoms with Gasteiger partial charge in [-0.15, -0.1) is 0 Å². The van der Waals surface area contributed by atoms with E-state index in [2.05, 4.69) is 161 Å². The van der Waals surface area contributed by atoms with Crippen LogP contribution < -0.4 is 0 Å². The first-order chi connectivity index (χ1) is 23.7. The van der Waals surface area contributed by atoms with Gasteiger partial charge in [0.2, 0.25) is 0 Å². The molecule has 0 spiro atoms. The summed E-state index contributed by atoms with van der Waals surface area (Å²) in [7, 11) is 0. The molecule has 0 aliphatic heterocycles. The summed E-state index contributed by atoms with van der Waals surface area (Å²) in [5.41, 5.74) is 14.5. The number of hydrogen-bond acceptors (Lipinski definition) is 0. The summed E-state index contributed by atoms with van der Waals surface area (Å²) in [5.74, 6) is 0. The third kappa shape index (κ3) is 5.87. The molecule has 0 N–H and O–H groups in total. The Labute approximate surface area is 303 Å². The predicted octanol–water partition coefficient (Wildman–Crippen LogP) is 14.5. The van der Waals surface area contributed by atoms with Crippen LogP contribution in [0.5, 0.6) is 0 Å². The molecular formula is C48H51Br. The molecule has 0 heterocycles. The molecule has 0 amide bonds. The minimum atomic E-state index is 0.0215. The highest BCUT2D eigenvalue weighted by Gasteiger charge is 2.34. The van der Waals surface area contributed by atoms with Crippen molar-refractivity contribution in [1.82, 2.24) is 0 Å². The fourth-order valence-electron chi connectivity index (χ4n) is 8.81. The lowest BCUT2D eigenvalue weighted by molar-refractivity contribution is 0.644. The average Bonchev–Trinajstić information content (AvgIpc) is 3.11. The van der Waals surface area contributed by atoms with E-state index >= 15 is 0 Å². The van der Waals surface area contributed by atoms with Crippen molar-refractivity contribution in [2.24, 2.45) is 0 Å². The maximum absolute atomic E-state index is 3.67. The lowest BCUT2D eigenvalue weighted by Crippen LogP contribution is -2.23. The zero-order valence-corrected chi connectivity index (χ0v) is 31.9. The molecule has 8 rings (SSSR count). The smallest absolute Gasteiger partial charge is 0.0178 e. The lowest BCUT2D eigenvalue weighted by atomic mass is 9.68. The fourth-order valence-corrected chi connectivity index (χ4v) is 9.17. The van der Waals surface area contributed by atoms with Gasteiger partial charge in [0.15, 0.2) is 0 Å². The van der Waals surface area contributed by atoms with Crippen molar-refractivity contribution in [3.63, 3.8) is 0 Å². The maximum Gasteiger partial charge on any atom is 0.0178 e. The summed E-state index contributed by atoms with van der Waals surface area (Å²) in [6, 6.07) is 38.9. The fraction of sp³-hybridized carbons (Fsp3) is 0.333.